The number of methoxy groups -OCH3 is 1. The van der Waals surface area contributed by atoms with E-state index in [4.69, 9.17) is 4.74 Å². The van der Waals surface area contributed by atoms with Gasteiger partial charge in [0.05, 0.1) is 18.4 Å². The number of rotatable bonds is 6. The summed E-state index contributed by atoms with van der Waals surface area (Å²) in [5.74, 6) is -0.650. The van der Waals surface area contributed by atoms with E-state index >= 15 is 0 Å². The average Bonchev–Trinajstić information content (AvgIpc) is 2.71. The number of benzene rings is 1. The molecule has 1 saturated heterocycles. The molecule has 7 heteroatoms. The van der Waals surface area contributed by atoms with Gasteiger partial charge in [0.15, 0.2) is 0 Å². The third kappa shape index (κ3) is 5.45. The summed E-state index contributed by atoms with van der Waals surface area (Å²) in [6.07, 6.45) is 3.84. The lowest BCUT2D eigenvalue weighted by Crippen LogP contribution is -2.47. The molecule has 0 unspecified atom stereocenters. The second-order valence-corrected chi connectivity index (χ2v) is 6.88. The van der Waals surface area contributed by atoms with Crippen LogP contribution < -0.4 is 10.6 Å². The number of hydrogen-bond acceptors (Lipinski definition) is 4. The van der Waals surface area contributed by atoms with Gasteiger partial charge in [-0.3, -0.25) is 4.79 Å². The number of nitrogens with one attached hydrogen (secondary N) is 2. The Kier molecular flexibility index (Phi) is 7.64. The van der Waals surface area contributed by atoms with Crippen molar-refractivity contribution >= 4 is 23.6 Å². The summed E-state index contributed by atoms with van der Waals surface area (Å²) in [5.41, 5.74) is 0.881. The molecule has 1 heterocycles. The van der Waals surface area contributed by atoms with Gasteiger partial charge < -0.3 is 20.3 Å². The zero-order valence-electron chi connectivity index (χ0n) is 16.3. The van der Waals surface area contributed by atoms with E-state index in [1.54, 1.807) is 24.3 Å². The normalized spacial score (nSPS) is 16.2. The van der Waals surface area contributed by atoms with Crippen LogP contribution in [0.5, 0.6) is 0 Å². The number of likely N-dealkylation sites (tertiary alicyclic amines) is 1. The zero-order chi connectivity index (χ0) is 19.8. The van der Waals surface area contributed by atoms with E-state index in [1.807, 2.05) is 18.7 Å². The predicted octanol–water partition coefficient (Wildman–Crippen LogP) is 3.02. The van der Waals surface area contributed by atoms with Crippen LogP contribution in [0.15, 0.2) is 24.3 Å². The topological polar surface area (TPSA) is 87.7 Å². The minimum absolute atomic E-state index is 0.0755. The van der Waals surface area contributed by atoms with Gasteiger partial charge in [-0.05, 0) is 37.3 Å². The molecule has 0 aliphatic carbocycles. The summed E-state index contributed by atoms with van der Waals surface area (Å²) in [6.45, 7) is 5.28. The number of hydrogen-bond donors (Lipinski definition) is 2. The lowest BCUT2D eigenvalue weighted by molar-refractivity contribution is -0.144. The standard InChI is InChI=1S/C20H29N3O4/c1-4-14(2)17(19(25)27-3)22-20(26)21-16-11-7-6-10-15(16)18(24)23-12-8-5-9-13-23/h6-7,10-11,14,17H,4-5,8-9,12-13H2,1-3H3,(H2,21,22,26)/t14-,17-/m0/s1. The number of carbonyl (C=O) groups is 3. The second-order valence-electron chi connectivity index (χ2n) is 6.88. The maximum atomic E-state index is 12.8. The molecular weight excluding hydrogens is 346 g/mol. The lowest BCUT2D eigenvalue weighted by atomic mass is 9.99. The number of amides is 3. The van der Waals surface area contributed by atoms with Crippen molar-refractivity contribution in [1.29, 1.82) is 0 Å². The largest absolute Gasteiger partial charge is 0.467 e. The molecule has 0 bridgehead atoms. The Hall–Kier alpha value is -2.57. The third-order valence-electron chi connectivity index (χ3n) is 5.00. The highest BCUT2D eigenvalue weighted by Gasteiger charge is 2.27. The van der Waals surface area contributed by atoms with Crippen molar-refractivity contribution in [2.24, 2.45) is 5.92 Å². The minimum atomic E-state index is -0.745. The molecule has 0 saturated carbocycles. The maximum absolute atomic E-state index is 12.8. The second kappa shape index (κ2) is 9.94. The van der Waals surface area contributed by atoms with Crippen LogP contribution in [0.1, 0.15) is 49.9 Å². The first-order valence-electron chi connectivity index (χ1n) is 9.51. The summed E-state index contributed by atoms with van der Waals surface area (Å²) in [7, 11) is 1.30. The fraction of sp³-hybridized carbons (Fsp3) is 0.550. The van der Waals surface area contributed by atoms with Gasteiger partial charge >= 0.3 is 12.0 Å². The van der Waals surface area contributed by atoms with E-state index in [2.05, 4.69) is 10.6 Å². The SMILES string of the molecule is CC[C@H](C)[C@H](NC(=O)Nc1ccccc1C(=O)N1CCCCC1)C(=O)OC. The molecule has 7 nitrogen and oxygen atoms in total. The first kappa shape index (κ1) is 20.7. The van der Waals surface area contributed by atoms with E-state index in [0.717, 1.165) is 32.4 Å². The van der Waals surface area contributed by atoms with Gasteiger partial charge in [-0.1, -0.05) is 32.4 Å². The van der Waals surface area contributed by atoms with Crippen LogP contribution in [0.4, 0.5) is 10.5 Å². The van der Waals surface area contributed by atoms with Gasteiger partial charge in [-0.25, -0.2) is 9.59 Å². The molecular formula is C20H29N3O4. The number of ether oxygens (including phenoxy) is 1. The molecule has 1 aliphatic heterocycles. The van der Waals surface area contributed by atoms with Gasteiger partial charge in [-0.2, -0.15) is 0 Å². The smallest absolute Gasteiger partial charge is 0.328 e. The van der Waals surface area contributed by atoms with E-state index in [0.29, 0.717) is 17.7 Å². The van der Waals surface area contributed by atoms with Crippen LogP contribution in [0.2, 0.25) is 0 Å². The monoisotopic (exact) mass is 375 g/mol. The number of anilines is 1. The van der Waals surface area contributed by atoms with Crippen molar-refractivity contribution < 1.29 is 19.1 Å². The molecule has 2 atom stereocenters. The fourth-order valence-electron chi connectivity index (χ4n) is 3.14. The van der Waals surface area contributed by atoms with Crippen LogP contribution >= 0.6 is 0 Å². The molecule has 148 valence electrons. The quantitative estimate of drug-likeness (QED) is 0.748. The van der Waals surface area contributed by atoms with Crippen LogP contribution in [-0.4, -0.2) is 49.0 Å². The fourth-order valence-corrected chi connectivity index (χ4v) is 3.14. The van der Waals surface area contributed by atoms with E-state index < -0.39 is 18.0 Å². The lowest BCUT2D eigenvalue weighted by Gasteiger charge is -2.27. The molecule has 1 aliphatic rings. The van der Waals surface area contributed by atoms with Gasteiger partial charge in [0.25, 0.3) is 5.91 Å². The predicted molar refractivity (Wildman–Crippen MR) is 104 cm³/mol. The number of nitrogens with zero attached hydrogens (tertiary/aromatic N) is 1. The Morgan fingerprint density at radius 2 is 1.81 bits per heavy atom. The van der Waals surface area contributed by atoms with Crippen LogP contribution in [-0.2, 0) is 9.53 Å². The number of para-hydroxylation sites is 1. The number of carbonyl (C=O) groups excluding carboxylic acids is 3. The van der Waals surface area contributed by atoms with E-state index in [1.165, 1.54) is 7.11 Å². The van der Waals surface area contributed by atoms with E-state index in [-0.39, 0.29) is 11.8 Å². The molecule has 2 rings (SSSR count). The Bertz CT molecular complexity index is 671. The Morgan fingerprint density at radius 3 is 2.44 bits per heavy atom. The molecule has 0 spiro atoms. The van der Waals surface area contributed by atoms with E-state index in [9.17, 15) is 14.4 Å². The summed E-state index contributed by atoms with van der Waals surface area (Å²) in [5, 5.41) is 5.38. The Morgan fingerprint density at radius 1 is 1.15 bits per heavy atom. The highest BCUT2D eigenvalue weighted by atomic mass is 16.5. The molecule has 0 radical (unpaired) electrons. The number of piperidine rings is 1. The average molecular weight is 375 g/mol. The van der Waals surface area contributed by atoms with Crippen LogP contribution in [0.3, 0.4) is 0 Å². The van der Waals surface area contributed by atoms with Crippen LogP contribution in [0.25, 0.3) is 0 Å². The Balaban J connectivity index is 2.11. The van der Waals surface area contributed by atoms with Gasteiger partial charge in [-0.15, -0.1) is 0 Å². The first-order chi connectivity index (χ1) is 13.0. The van der Waals surface area contributed by atoms with Crippen LogP contribution in [0, 0.1) is 5.92 Å². The summed E-state index contributed by atoms with van der Waals surface area (Å²) < 4.78 is 4.79. The van der Waals surface area contributed by atoms with Crippen molar-refractivity contribution in [2.45, 2.75) is 45.6 Å². The summed E-state index contributed by atoms with van der Waals surface area (Å²) >= 11 is 0. The highest BCUT2D eigenvalue weighted by molar-refractivity contribution is 6.03. The summed E-state index contributed by atoms with van der Waals surface area (Å²) in [6, 6.07) is 5.65. The maximum Gasteiger partial charge on any atom is 0.328 e. The summed E-state index contributed by atoms with van der Waals surface area (Å²) in [4.78, 5) is 39.0. The number of urea groups is 1. The molecule has 27 heavy (non-hydrogen) atoms. The van der Waals surface area contributed by atoms with Crippen molar-refractivity contribution in [3.8, 4) is 0 Å². The third-order valence-corrected chi connectivity index (χ3v) is 5.00. The molecule has 1 aromatic rings. The molecule has 3 amide bonds. The molecule has 1 aromatic carbocycles. The molecule has 2 N–H and O–H groups in total. The highest BCUT2D eigenvalue weighted by Crippen LogP contribution is 2.20. The van der Waals surface area contributed by atoms with Crippen molar-refractivity contribution in [2.75, 3.05) is 25.5 Å². The van der Waals surface area contributed by atoms with Crippen molar-refractivity contribution in [1.82, 2.24) is 10.2 Å². The minimum Gasteiger partial charge on any atom is -0.467 e. The number of esters is 1. The van der Waals surface area contributed by atoms with Crippen molar-refractivity contribution in [3.05, 3.63) is 29.8 Å². The molecule has 0 aromatic heterocycles. The van der Waals surface area contributed by atoms with Crippen molar-refractivity contribution in [3.63, 3.8) is 0 Å². The van der Waals surface area contributed by atoms with Gasteiger partial charge in [0.1, 0.15) is 6.04 Å². The molecule has 1 fully saturated rings. The Labute approximate surface area is 160 Å². The van der Waals surface area contributed by atoms with Gasteiger partial charge in [0, 0.05) is 13.1 Å². The van der Waals surface area contributed by atoms with Gasteiger partial charge in [0.2, 0.25) is 0 Å². The first-order valence-corrected chi connectivity index (χ1v) is 9.51. The zero-order valence-corrected chi connectivity index (χ0v) is 16.3.